The van der Waals surface area contributed by atoms with Crippen LogP contribution in [0.1, 0.15) is 5.56 Å². The Morgan fingerprint density at radius 1 is 1.22 bits per heavy atom. The largest absolute Gasteiger partial charge is 0.220 e. The van der Waals surface area contributed by atoms with Crippen LogP contribution in [-0.4, -0.2) is 14.6 Å². The number of rotatable bonds is 1. The van der Waals surface area contributed by atoms with Gasteiger partial charge in [0.05, 0.1) is 11.6 Å². The summed E-state index contributed by atoms with van der Waals surface area (Å²) in [6.45, 7) is 0. The van der Waals surface area contributed by atoms with Gasteiger partial charge in [-0.3, -0.25) is 0 Å². The molecule has 3 rings (SSSR count). The molecule has 0 saturated heterocycles. The van der Waals surface area contributed by atoms with Crippen molar-refractivity contribution in [3.8, 4) is 17.5 Å². The molecule has 1 aromatic carbocycles. The number of pyridine rings is 1. The third kappa shape index (κ3) is 1.70. The first kappa shape index (κ1) is 10.4. The van der Waals surface area contributed by atoms with Crippen molar-refractivity contribution >= 4 is 5.65 Å². The molecule has 0 bridgehead atoms. The maximum atomic E-state index is 13.1. The first-order valence-corrected chi connectivity index (χ1v) is 5.29. The second kappa shape index (κ2) is 3.93. The average molecular weight is 238 g/mol. The first-order valence-electron chi connectivity index (χ1n) is 5.29. The van der Waals surface area contributed by atoms with Crippen LogP contribution in [0.2, 0.25) is 0 Å². The lowest BCUT2D eigenvalue weighted by atomic mass is 10.2. The van der Waals surface area contributed by atoms with E-state index >= 15 is 0 Å². The quantitative estimate of drug-likeness (QED) is 0.654. The number of nitrogens with zero attached hydrogens (tertiary/aromatic N) is 4. The first-order chi connectivity index (χ1) is 8.76. The van der Waals surface area contributed by atoms with Crippen LogP contribution in [0.3, 0.4) is 0 Å². The fraction of sp³-hybridized carbons (Fsp3) is 0. The molecule has 2 heterocycles. The third-order valence-corrected chi connectivity index (χ3v) is 2.55. The number of hydrogen-bond donors (Lipinski definition) is 0. The standard InChI is InChI=1S/C13H7FN4/c14-11-3-1-2-10(7-11)13-16-12-6-9(8-15)4-5-18(12)17-13/h1-7H. The molecule has 0 amide bonds. The minimum absolute atomic E-state index is 0.330. The molecule has 3 aromatic rings. The zero-order valence-electron chi connectivity index (χ0n) is 9.21. The SMILES string of the molecule is N#Cc1ccn2nc(-c3cccc(F)c3)nc2c1. The van der Waals surface area contributed by atoms with Crippen LogP contribution >= 0.6 is 0 Å². The van der Waals surface area contributed by atoms with E-state index in [-0.39, 0.29) is 5.82 Å². The molecule has 0 aliphatic carbocycles. The van der Waals surface area contributed by atoms with E-state index in [4.69, 9.17) is 5.26 Å². The molecule has 0 unspecified atom stereocenters. The van der Waals surface area contributed by atoms with Crippen molar-refractivity contribution in [2.45, 2.75) is 0 Å². The van der Waals surface area contributed by atoms with E-state index in [0.717, 1.165) is 0 Å². The van der Waals surface area contributed by atoms with Crippen LogP contribution in [0.15, 0.2) is 42.6 Å². The second-order valence-electron chi connectivity index (χ2n) is 3.78. The lowest BCUT2D eigenvalue weighted by Gasteiger charge is -1.93. The molecular formula is C13H7FN4. The van der Waals surface area contributed by atoms with E-state index in [0.29, 0.717) is 22.6 Å². The van der Waals surface area contributed by atoms with Crippen LogP contribution in [0.4, 0.5) is 4.39 Å². The molecule has 4 nitrogen and oxygen atoms in total. The Hall–Kier alpha value is -2.74. The molecule has 0 fully saturated rings. The summed E-state index contributed by atoms with van der Waals surface area (Å²) < 4.78 is 14.7. The highest BCUT2D eigenvalue weighted by Crippen LogP contribution is 2.17. The van der Waals surface area contributed by atoms with Crippen LogP contribution in [-0.2, 0) is 0 Å². The van der Waals surface area contributed by atoms with E-state index in [1.54, 1.807) is 35.0 Å². The van der Waals surface area contributed by atoms with Gasteiger partial charge >= 0.3 is 0 Å². The number of nitriles is 1. The van der Waals surface area contributed by atoms with Crippen molar-refractivity contribution in [2.24, 2.45) is 0 Å². The van der Waals surface area contributed by atoms with Crippen molar-refractivity contribution in [1.29, 1.82) is 5.26 Å². The van der Waals surface area contributed by atoms with Gasteiger partial charge in [-0.05, 0) is 18.2 Å². The second-order valence-corrected chi connectivity index (χ2v) is 3.78. The summed E-state index contributed by atoms with van der Waals surface area (Å²) in [7, 11) is 0. The lowest BCUT2D eigenvalue weighted by Crippen LogP contribution is -1.87. The van der Waals surface area contributed by atoms with Gasteiger partial charge in [-0.25, -0.2) is 13.9 Å². The van der Waals surface area contributed by atoms with Crippen LogP contribution in [0.5, 0.6) is 0 Å². The minimum Gasteiger partial charge on any atom is -0.220 e. The van der Waals surface area contributed by atoms with Crippen molar-refractivity contribution in [2.75, 3.05) is 0 Å². The Kier molecular flexibility index (Phi) is 2.27. The highest BCUT2D eigenvalue weighted by atomic mass is 19.1. The molecule has 0 atom stereocenters. The smallest absolute Gasteiger partial charge is 0.182 e. The summed E-state index contributed by atoms with van der Waals surface area (Å²) in [5.41, 5.74) is 1.69. The van der Waals surface area contributed by atoms with Crippen molar-refractivity contribution < 1.29 is 4.39 Å². The molecular weight excluding hydrogens is 231 g/mol. The zero-order chi connectivity index (χ0) is 12.5. The van der Waals surface area contributed by atoms with E-state index in [1.807, 2.05) is 6.07 Å². The Balaban J connectivity index is 2.17. The molecule has 2 aromatic heterocycles. The Morgan fingerprint density at radius 3 is 2.89 bits per heavy atom. The van der Waals surface area contributed by atoms with Crippen molar-refractivity contribution in [3.63, 3.8) is 0 Å². The summed E-state index contributed by atoms with van der Waals surface area (Å²) in [5.74, 6) is 0.105. The van der Waals surface area contributed by atoms with Gasteiger partial charge in [-0.1, -0.05) is 12.1 Å². The third-order valence-electron chi connectivity index (χ3n) is 2.55. The maximum Gasteiger partial charge on any atom is 0.182 e. The average Bonchev–Trinajstić information content (AvgIpc) is 2.81. The molecule has 86 valence electrons. The molecule has 0 spiro atoms. The summed E-state index contributed by atoms with van der Waals surface area (Å²) in [6.07, 6.45) is 1.66. The van der Waals surface area contributed by atoms with Gasteiger partial charge in [-0.2, -0.15) is 5.26 Å². The molecule has 5 heteroatoms. The Labute approximate surface area is 102 Å². The zero-order valence-corrected chi connectivity index (χ0v) is 9.21. The van der Waals surface area contributed by atoms with Crippen molar-refractivity contribution in [3.05, 3.63) is 54.0 Å². The summed E-state index contributed by atoms with van der Waals surface area (Å²) in [6, 6.07) is 11.4. The predicted molar refractivity (Wildman–Crippen MR) is 63.1 cm³/mol. The normalized spacial score (nSPS) is 10.4. The monoisotopic (exact) mass is 238 g/mol. The van der Waals surface area contributed by atoms with Gasteiger partial charge in [0.2, 0.25) is 0 Å². The van der Waals surface area contributed by atoms with Gasteiger partial charge in [0.1, 0.15) is 5.82 Å². The number of aromatic nitrogens is 3. The minimum atomic E-state index is -0.330. The number of benzene rings is 1. The molecule has 0 saturated carbocycles. The van der Waals surface area contributed by atoms with Gasteiger partial charge in [0.15, 0.2) is 11.5 Å². The Bertz CT molecular complexity index is 770. The van der Waals surface area contributed by atoms with Gasteiger partial charge in [0.25, 0.3) is 0 Å². The lowest BCUT2D eigenvalue weighted by molar-refractivity contribution is 0.628. The van der Waals surface area contributed by atoms with Crippen LogP contribution < -0.4 is 0 Å². The fourth-order valence-corrected chi connectivity index (χ4v) is 1.70. The topological polar surface area (TPSA) is 54.0 Å². The molecule has 0 radical (unpaired) electrons. The van der Waals surface area contributed by atoms with Crippen LogP contribution in [0.25, 0.3) is 17.0 Å². The number of fused-ring (bicyclic) bond motifs is 1. The summed E-state index contributed by atoms with van der Waals surface area (Å²) in [5, 5.41) is 13.0. The van der Waals surface area contributed by atoms with E-state index < -0.39 is 0 Å². The maximum absolute atomic E-state index is 13.1. The predicted octanol–water partition coefficient (Wildman–Crippen LogP) is 2.41. The number of hydrogen-bond acceptors (Lipinski definition) is 3. The summed E-state index contributed by atoms with van der Waals surface area (Å²) in [4.78, 5) is 4.27. The Morgan fingerprint density at radius 2 is 2.11 bits per heavy atom. The van der Waals surface area contributed by atoms with Crippen molar-refractivity contribution in [1.82, 2.24) is 14.6 Å². The van der Waals surface area contributed by atoms with Gasteiger partial charge in [0, 0.05) is 17.8 Å². The van der Waals surface area contributed by atoms with E-state index in [1.165, 1.54) is 12.1 Å². The molecule has 0 aliphatic rings. The van der Waals surface area contributed by atoms with Gasteiger partial charge < -0.3 is 0 Å². The molecule has 18 heavy (non-hydrogen) atoms. The van der Waals surface area contributed by atoms with Gasteiger partial charge in [-0.15, -0.1) is 5.10 Å². The van der Waals surface area contributed by atoms with Crippen LogP contribution in [0, 0.1) is 17.1 Å². The number of halogens is 1. The highest BCUT2D eigenvalue weighted by Gasteiger charge is 2.07. The fourth-order valence-electron chi connectivity index (χ4n) is 1.70. The van der Waals surface area contributed by atoms with E-state index in [2.05, 4.69) is 10.1 Å². The van der Waals surface area contributed by atoms with E-state index in [9.17, 15) is 4.39 Å². The molecule has 0 N–H and O–H groups in total. The summed E-state index contributed by atoms with van der Waals surface area (Å²) >= 11 is 0. The molecule has 0 aliphatic heterocycles. The highest BCUT2D eigenvalue weighted by molar-refractivity contribution is 5.58.